The molecule has 164 valence electrons. The van der Waals surface area contributed by atoms with Gasteiger partial charge in [0, 0.05) is 19.3 Å². The first-order valence-corrected chi connectivity index (χ1v) is 9.97. The van der Waals surface area contributed by atoms with Crippen LogP contribution in [-0.2, 0) is 22.6 Å². The highest BCUT2D eigenvalue weighted by Gasteiger charge is 2.31. The first kappa shape index (κ1) is 22.0. The summed E-state index contributed by atoms with van der Waals surface area (Å²) in [5.74, 6) is 0.717. The maximum atomic E-state index is 12.3. The van der Waals surface area contributed by atoms with Crippen molar-refractivity contribution in [3.8, 4) is 5.75 Å². The number of benzene rings is 1. The molecule has 2 amide bonds. The van der Waals surface area contributed by atoms with Crippen LogP contribution >= 0.6 is 0 Å². The van der Waals surface area contributed by atoms with Crippen LogP contribution in [0.15, 0.2) is 30.5 Å². The number of nitrogens with one attached hydrogen (secondary N) is 2. The number of hydrogen-bond donors (Lipinski definition) is 3. The number of anilines is 1. The number of carbonyl (C=O) groups is 1. The lowest BCUT2D eigenvalue weighted by molar-refractivity contribution is -0.0905. The molecule has 1 fully saturated rings. The van der Waals surface area contributed by atoms with Crippen molar-refractivity contribution in [1.82, 2.24) is 20.3 Å². The second-order valence-corrected chi connectivity index (χ2v) is 7.18. The van der Waals surface area contributed by atoms with Crippen molar-refractivity contribution in [3.05, 3.63) is 36.2 Å². The van der Waals surface area contributed by atoms with Crippen LogP contribution in [0.25, 0.3) is 0 Å². The maximum Gasteiger partial charge on any atom is 0.319 e. The smallest absolute Gasteiger partial charge is 0.319 e. The lowest BCUT2D eigenvalue weighted by Crippen LogP contribution is -2.52. The Hall–Kier alpha value is -2.69. The van der Waals surface area contributed by atoms with Crippen LogP contribution in [-0.4, -0.2) is 65.2 Å². The molecule has 3 rings (SSSR count). The van der Waals surface area contributed by atoms with Gasteiger partial charge in [-0.25, -0.2) is 4.79 Å². The summed E-state index contributed by atoms with van der Waals surface area (Å²) < 4.78 is 17.9. The Bertz CT molecular complexity index is 797. The van der Waals surface area contributed by atoms with E-state index in [-0.39, 0.29) is 24.8 Å². The lowest BCUT2D eigenvalue weighted by atomic mass is 9.97. The molecular weight excluding hydrogens is 390 g/mol. The van der Waals surface area contributed by atoms with Crippen molar-refractivity contribution in [2.24, 2.45) is 0 Å². The minimum Gasteiger partial charge on any atom is -0.497 e. The zero-order valence-corrected chi connectivity index (χ0v) is 17.3. The number of methoxy groups -OCH3 is 2. The minimum absolute atomic E-state index is 0.0140. The number of rotatable bonds is 9. The van der Waals surface area contributed by atoms with E-state index in [0.717, 1.165) is 25.0 Å². The highest BCUT2D eigenvalue weighted by atomic mass is 16.5. The average molecular weight is 419 g/mol. The van der Waals surface area contributed by atoms with E-state index in [2.05, 4.69) is 20.9 Å². The summed E-state index contributed by atoms with van der Waals surface area (Å²) in [5, 5.41) is 23.5. The lowest BCUT2D eigenvalue weighted by Gasteiger charge is -2.36. The van der Waals surface area contributed by atoms with Gasteiger partial charge in [-0.1, -0.05) is 5.21 Å². The van der Waals surface area contributed by atoms with E-state index in [4.69, 9.17) is 14.2 Å². The van der Waals surface area contributed by atoms with Crippen LogP contribution in [0, 0.1) is 0 Å². The van der Waals surface area contributed by atoms with Crippen LogP contribution in [0.5, 0.6) is 5.75 Å². The molecule has 0 unspecified atom stereocenters. The number of amides is 2. The third-order valence-corrected chi connectivity index (χ3v) is 5.02. The fraction of sp³-hybridized carbons (Fsp3) is 0.550. The van der Waals surface area contributed by atoms with Gasteiger partial charge in [-0.05, 0) is 43.5 Å². The molecule has 0 bridgehead atoms. The van der Waals surface area contributed by atoms with Gasteiger partial charge in [-0.15, -0.1) is 5.10 Å². The molecule has 1 aliphatic heterocycles. The molecule has 0 saturated carbocycles. The Morgan fingerprint density at radius 1 is 1.30 bits per heavy atom. The second kappa shape index (κ2) is 10.9. The number of aromatic nitrogens is 3. The molecule has 1 saturated heterocycles. The van der Waals surface area contributed by atoms with Gasteiger partial charge in [0.25, 0.3) is 0 Å². The Morgan fingerprint density at radius 3 is 2.80 bits per heavy atom. The Balaban J connectivity index is 1.45. The molecule has 3 atom stereocenters. The zero-order chi connectivity index (χ0) is 21.3. The molecular formula is C20H29N5O5. The minimum atomic E-state index is -0.454. The molecule has 2 aromatic rings. The van der Waals surface area contributed by atoms with Gasteiger partial charge in [0.05, 0.1) is 38.7 Å². The van der Waals surface area contributed by atoms with Gasteiger partial charge in [-0.2, -0.15) is 0 Å². The molecule has 10 heteroatoms. The summed E-state index contributed by atoms with van der Waals surface area (Å²) in [5.41, 5.74) is 1.44. The number of aliphatic hydroxyl groups excluding tert-OH is 1. The first-order chi connectivity index (χ1) is 14.6. The van der Waals surface area contributed by atoms with Crippen molar-refractivity contribution in [3.63, 3.8) is 0 Å². The molecule has 1 aliphatic rings. The predicted molar refractivity (Wildman–Crippen MR) is 109 cm³/mol. The number of carbonyl (C=O) groups excluding carboxylic acids is 1. The molecule has 3 N–H and O–H groups in total. The number of hydrogen-bond acceptors (Lipinski definition) is 7. The van der Waals surface area contributed by atoms with E-state index < -0.39 is 6.10 Å². The third kappa shape index (κ3) is 6.15. The zero-order valence-electron chi connectivity index (χ0n) is 17.3. The largest absolute Gasteiger partial charge is 0.497 e. The molecule has 0 radical (unpaired) electrons. The SMILES string of the molecule is COCc1cn(CC[C@@H]2CC[C@H](NC(=O)Nc3ccc(OC)cc3)[C@H](CO)O2)nn1. The highest BCUT2D eigenvalue weighted by Crippen LogP contribution is 2.23. The van der Waals surface area contributed by atoms with Gasteiger partial charge in [0.2, 0.25) is 0 Å². The molecule has 0 spiro atoms. The predicted octanol–water partition coefficient (Wildman–Crippen LogP) is 1.55. The molecule has 1 aromatic heterocycles. The number of ether oxygens (including phenoxy) is 3. The van der Waals surface area contributed by atoms with E-state index in [9.17, 15) is 9.90 Å². The summed E-state index contributed by atoms with van der Waals surface area (Å²) in [6.07, 6.45) is 3.63. The summed E-state index contributed by atoms with van der Waals surface area (Å²) >= 11 is 0. The summed E-state index contributed by atoms with van der Waals surface area (Å²) in [6, 6.07) is 6.47. The van der Waals surface area contributed by atoms with Crippen molar-refractivity contribution in [2.45, 2.75) is 50.7 Å². The maximum absolute atomic E-state index is 12.3. The highest BCUT2D eigenvalue weighted by molar-refractivity contribution is 5.89. The van der Waals surface area contributed by atoms with Gasteiger partial charge < -0.3 is 30.0 Å². The van der Waals surface area contributed by atoms with E-state index >= 15 is 0 Å². The first-order valence-electron chi connectivity index (χ1n) is 9.97. The number of nitrogens with zero attached hydrogens (tertiary/aromatic N) is 3. The monoisotopic (exact) mass is 419 g/mol. The Morgan fingerprint density at radius 2 is 2.10 bits per heavy atom. The standard InChI is InChI=1S/C20H29N5O5/c1-28-13-15-11-25(24-23-15)10-9-17-7-8-18(19(12-26)30-17)22-20(27)21-14-3-5-16(29-2)6-4-14/h3-6,11,17-19,26H,7-10,12-13H2,1-2H3,(H2,21,22,27)/t17-,18-,19-/m0/s1. The fourth-order valence-corrected chi connectivity index (χ4v) is 3.46. The summed E-state index contributed by atoms with van der Waals surface area (Å²) in [4.78, 5) is 12.3. The van der Waals surface area contributed by atoms with E-state index in [1.54, 1.807) is 43.2 Å². The number of aliphatic hydroxyl groups is 1. The van der Waals surface area contributed by atoms with Crippen LogP contribution in [0.2, 0.25) is 0 Å². The van der Waals surface area contributed by atoms with E-state index in [1.165, 1.54) is 0 Å². The van der Waals surface area contributed by atoms with E-state index in [0.29, 0.717) is 24.6 Å². The quantitative estimate of drug-likeness (QED) is 0.564. The van der Waals surface area contributed by atoms with Gasteiger partial charge >= 0.3 is 6.03 Å². The van der Waals surface area contributed by atoms with Crippen molar-refractivity contribution >= 4 is 11.7 Å². The third-order valence-electron chi connectivity index (χ3n) is 5.02. The molecule has 2 heterocycles. The van der Waals surface area contributed by atoms with Crippen LogP contribution < -0.4 is 15.4 Å². The molecule has 1 aromatic carbocycles. The molecule has 10 nitrogen and oxygen atoms in total. The summed E-state index contributed by atoms with van der Waals surface area (Å²) in [6.45, 7) is 0.930. The topological polar surface area (TPSA) is 120 Å². The van der Waals surface area contributed by atoms with Crippen molar-refractivity contribution in [1.29, 1.82) is 0 Å². The Labute approximate surface area is 175 Å². The molecule has 0 aliphatic carbocycles. The number of urea groups is 1. The average Bonchev–Trinajstić information content (AvgIpc) is 3.21. The second-order valence-electron chi connectivity index (χ2n) is 7.18. The van der Waals surface area contributed by atoms with Crippen molar-refractivity contribution < 1.29 is 24.1 Å². The van der Waals surface area contributed by atoms with Crippen molar-refractivity contribution in [2.75, 3.05) is 26.1 Å². The van der Waals surface area contributed by atoms with E-state index in [1.807, 2.05) is 6.20 Å². The summed E-state index contributed by atoms with van der Waals surface area (Å²) in [7, 11) is 3.21. The van der Waals surface area contributed by atoms with Crippen LogP contribution in [0.3, 0.4) is 0 Å². The van der Waals surface area contributed by atoms with Gasteiger partial charge in [0.1, 0.15) is 17.5 Å². The molecule has 30 heavy (non-hydrogen) atoms. The van der Waals surface area contributed by atoms with Gasteiger partial charge in [0.15, 0.2) is 0 Å². The Kier molecular flexibility index (Phi) is 8.00. The number of aryl methyl sites for hydroxylation is 1. The van der Waals surface area contributed by atoms with Crippen LogP contribution in [0.4, 0.5) is 10.5 Å². The normalized spacial score (nSPS) is 21.2. The fourth-order valence-electron chi connectivity index (χ4n) is 3.46. The van der Waals surface area contributed by atoms with Crippen LogP contribution in [0.1, 0.15) is 25.0 Å². The van der Waals surface area contributed by atoms with Gasteiger partial charge in [-0.3, -0.25) is 4.68 Å².